The Kier molecular flexibility index (Phi) is 9.00. The maximum Gasteiger partial charge on any atom is 0.350 e. The molecule has 4 rings (SSSR count). The van der Waals surface area contributed by atoms with Gasteiger partial charge in [0.1, 0.15) is 34.8 Å². The number of hydrogen-bond donors (Lipinski definition) is 1. The Hall–Kier alpha value is -4.44. The van der Waals surface area contributed by atoms with Gasteiger partial charge in [0.05, 0.1) is 24.5 Å². The van der Waals surface area contributed by atoms with Crippen LogP contribution in [0.3, 0.4) is 0 Å². The number of ketones is 1. The van der Waals surface area contributed by atoms with Gasteiger partial charge in [-0.05, 0) is 50.6 Å². The van der Waals surface area contributed by atoms with Crippen molar-refractivity contribution in [3.8, 4) is 11.5 Å². The van der Waals surface area contributed by atoms with E-state index in [1.165, 1.54) is 11.0 Å². The van der Waals surface area contributed by atoms with Gasteiger partial charge < -0.3 is 19.3 Å². The zero-order valence-corrected chi connectivity index (χ0v) is 23.3. The molecule has 1 aromatic heterocycles. The molecule has 1 atom stereocenters. The Labute approximate surface area is 236 Å². The molecule has 2 heterocycles. The quantitative estimate of drug-likeness (QED) is 0.105. The maximum atomic E-state index is 13.5. The predicted octanol–water partition coefficient (Wildman–Crippen LogP) is 5.61. The van der Waals surface area contributed by atoms with Crippen LogP contribution in [0, 0.1) is 6.92 Å². The third kappa shape index (κ3) is 5.62. The first-order chi connectivity index (χ1) is 19.3. The Morgan fingerprint density at radius 3 is 2.52 bits per heavy atom. The number of aryl methyl sites for hydroxylation is 1. The van der Waals surface area contributed by atoms with E-state index in [1.54, 1.807) is 55.5 Å². The van der Waals surface area contributed by atoms with E-state index in [0.29, 0.717) is 41.5 Å². The van der Waals surface area contributed by atoms with E-state index in [4.69, 9.17) is 14.2 Å². The lowest BCUT2D eigenvalue weighted by molar-refractivity contribution is -0.132. The highest BCUT2D eigenvalue weighted by molar-refractivity contribution is 7.17. The molecule has 9 nitrogen and oxygen atoms in total. The monoisotopic (exact) mass is 562 g/mol. The minimum absolute atomic E-state index is 0.0139. The second-order valence-electron chi connectivity index (χ2n) is 8.81. The Morgan fingerprint density at radius 1 is 1.12 bits per heavy atom. The third-order valence-electron chi connectivity index (χ3n) is 6.07. The van der Waals surface area contributed by atoms with Crippen molar-refractivity contribution >= 4 is 39.9 Å². The number of amides is 1. The van der Waals surface area contributed by atoms with Crippen molar-refractivity contribution in [1.82, 2.24) is 4.98 Å². The largest absolute Gasteiger partial charge is 0.507 e. The summed E-state index contributed by atoms with van der Waals surface area (Å²) < 4.78 is 16.6. The lowest BCUT2D eigenvalue weighted by Gasteiger charge is -2.24. The number of aromatic nitrogens is 1. The van der Waals surface area contributed by atoms with Gasteiger partial charge in [-0.2, -0.15) is 0 Å². The standard InChI is InChI=1S/C30H30N2O7S/c1-5-16-38-20-14-12-19(13-15-20)25(33)23-24(21-10-8-9-11-22(21)37-7-3)32(28(35)26(23)34)30-31-18(4)27(40-30)29(36)39-17-6-2/h6,8-15,24,33H,2,5,7,16-17H2,1,3-4H3/b25-23+. The molecule has 1 unspecified atom stereocenters. The second-order valence-corrected chi connectivity index (χ2v) is 9.79. The number of rotatable bonds is 11. The number of Topliss-reactive ketones (excluding diaryl/α,β-unsaturated/α-hetero) is 1. The lowest BCUT2D eigenvalue weighted by atomic mass is 9.94. The number of aliphatic hydroxyl groups excluding tert-OH is 1. The van der Waals surface area contributed by atoms with E-state index in [1.807, 2.05) is 13.8 Å². The van der Waals surface area contributed by atoms with Crippen LogP contribution in [-0.2, 0) is 14.3 Å². The van der Waals surface area contributed by atoms with Crippen molar-refractivity contribution in [2.45, 2.75) is 33.2 Å². The first-order valence-corrected chi connectivity index (χ1v) is 13.6. The van der Waals surface area contributed by atoms with E-state index in [2.05, 4.69) is 11.6 Å². The van der Waals surface area contributed by atoms with Crippen molar-refractivity contribution in [3.05, 3.63) is 88.5 Å². The topological polar surface area (TPSA) is 115 Å². The molecule has 0 spiro atoms. The fraction of sp³-hybridized carbons (Fsp3) is 0.267. The maximum absolute atomic E-state index is 13.5. The van der Waals surface area contributed by atoms with Crippen LogP contribution in [-0.4, -0.2) is 47.6 Å². The summed E-state index contributed by atoms with van der Waals surface area (Å²) in [5.74, 6) is -1.68. The smallest absolute Gasteiger partial charge is 0.350 e. The number of hydrogen-bond acceptors (Lipinski definition) is 9. The molecule has 2 aromatic carbocycles. The fourth-order valence-electron chi connectivity index (χ4n) is 4.28. The molecule has 1 amide bonds. The van der Waals surface area contributed by atoms with Crippen LogP contribution in [0.25, 0.3) is 5.76 Å². The molecule has 1 fully saturated rings. The van der Waals surface area contributed by atoms with Gasteiger partial charge in [-0.15, -0.1) is 0 Å². The van der Waals surface area contributed by atoms with E-state index in [9.17, 15) is 19.5 Å². The first kappa shape index (κ1) is 28.6. The van der Waals surface area contributed by atoms with Crippen LogP contribution in [0.15, 0.2) is 66.8 Å². The van der Waals surface area contributed by atoms with E-state index in [0.717, 1.165) is 17.8 Å². The molecular weight excluding hydrogens is 532 g/mol. The van der Waals surface area contributed by atoms with Crippen LogP contribution in [0.1, 0.15) is 52.8 Å². The molecule has 208 valence electrons. The fourth-order valence-corrected chi connectivity index (χ4v) is 5.26. The zero-order chi connectivity index (χ0) is 28.8. The summed E-state index contributed by atoms with van der Waals surface area (Å²) in [5.41, 5.74) is 1.04. The number of ether oxygens (including phenoxy) is 3. The number of carbonyl (C=O) groups is 3. The highest BCUT2D eigenvalue weighted by atomic mass is 32.1. The van der Waals surface area contributed by atoms with E-state index >= 15 is 0 Å². The molecule has 1 aliphatic heterocycles. The molecule has 0 aliphatic carbocycles. The molecule has 0 saturated carbocycles. The third-order valence-corrected chi connectivity index (χ3v) is 7.20. The predicted molar refractivity (Wildman–Crippen MR) is 152 cm³/mol. The molecule has 3 aromatic rings. The summed E-state index contributed by atoms with van der Waals surface area (Å²) >= 11 is 0.929. The zero-order valence-electron chi connectivity index (χ0n) is 22.5. The van der Waals surface area contributed by atoms with Crippen LogP contribution in [0.2, 0.25) is 0 Å². The summed E-state index contributed by atoms with van der Waals surface area (Å²) in [6.45, 7) is 9.87. The Morgan fingerprint density at radius 2 is 1.85 bits per heavy atom. The summed E-state index contributed by atoms with van der Waals surface area (Å²) in [7, 11) is 0. The number of para-hydroxylation sites is 1. The van der Waals surface area contributed by atoms with Crippen molar-refractivity contribution in [3.63, 3.8) is 0 Å². The van der Waals surface area contributed by atoms with Crippen LogP contribution in [0.5, 0.6) is 11.5 Å². The van der Waals surface area contributed by atoms with Gasteiger partial charge in [0.25, 0.3) is 5.78 Å². The molecule has 1 aliphatic rings. The number of esters is 1. The molecule has 40 heavy (non-hydrogen) atoms. The summed E-state index contributed by atoms with van der Waals surface area (Å²) in [4.78, 5) is 45.5. The molecule has 1 saturated heterocycles. The van der Waals surface area contributed by atoms with Crippen molar-refractivity contribution in [1.29, 1.82) is 0 Å². The SMILES string of the molecule is C=CCOC(=O)c1sc(N2C(=O)C(=O)/C(=C(/O)c3ccc(OCCC)cc3)C2c2ccccc2OCC)nc1C. The van der Waals surface area contributed by atoms with Gasteiger partial charge in [-0.1, -0.05) is 49.1 Å². The molecule has 10 heteroatoms. The van der Waals surface area contributed by atoms with Gasteiger partial charge in [0.2, 0.25) is 0 Å². The minimum Gasteiger partial charge on any atom is -0.507 e. The highest BCUT2D eigenvalue weighted by Gasteiger charge is 2.49. The van der Waals surface area contributed by atoms with E-state index < -0.39 is 23.7 Å². The Balaban J connectivity index is 1.87. The number of benzene rings is 2. The highest BCUT2D eigenvalue weighted by Crippen LogP contribution is 2.46. The number of thiazole rings is 1. The van der Waals surface area contributed by atoms with Crippen LogP contribution in [0.4, 0.5) is 5.13 Å². The number of carbonyl (C=O) groups excluding carboxylic acids is 3. The minimum atomic E-state index is -1.07. The molecular formula is C30H30N2O7S. The Bertz CT molecular complexity index is 1460. The molecule has 0 radical (unpaired) electrons. The van der Waals surface area contributed by atoms with E-state index in [-0.39, 0.29) is 27.9 Å². The summed E-state index contributed by atoms with van der Waals surface area (Å²) in [6, 6.07) is 12.5. The summed E-state index contributed by atoms with van der Waals surface area (Å²) in [5, 5.41) is 11.6. The number of nitrogens with zero attached hydrogens (tertiary/aromatic N) is 2. The number of anilines is 1. The normalized spacial score (nSPS) is 16.2. The van der Waals surface area contributed by atoms with Gasteiger partial charge in [0, 0.05) is 11.1 Å². The molecule has 1 N–H and O–H groups in total. The van der Waals surface area contributed by atoms with Crippen LogP contribution >= 0.6 is 11.3 Å². The van der Waals surface area contributed by atoms with Crippen molar-refractivity contribution in [2.75, 3.05) is 24.7 Å². The van der Waals surface area contributed by atoms with Crippen molar-refractivity contribution < 1.29 is 33.7 Å². The average Bonchev–Trinajstić information content (AvgIpc) is 3.47. The molecule has 0 bridgehead atoms. The average molecular weight is 563 g/mol. The van der Waals surface area contributed by atoms with Crippen molar-refractivity contribution in [2.24, 2.45) is 0 Å². The lowest BCUT2D eigenvalue weighted by Crippen LogP contribution is -2.29. The first-order valence-electron chi connectivity index (χ1n) is 12.8. The van der Waals surface area contributed by atoms with Gasteiger partial charge in [-0.25, -0.2) is 9.78 Å². The van der Waals surface area contributed by atoms with Gasteiger partial charge in [0.15, 0.2) is 5.13 Å². The van der Waals surface area contributed by atoms with Gasteiger partial charge in [-0.3, -0.25) is 14.5 Å². The summed E-state index contributed by atoms with van der Waals surface area (Å²) in [6.07, 6.45) is 2.29. The van der Waals surface area contributed by atoms with Gasteiger partial charge >= 0.3 is 11.9 Å². The second kappa shape index (κ2) is 12.6. The number of aliphatic hydroxyl groups is 1. The van der Waals surface area contributed by atoms with Crippen LogP contribution < -0.4 is 14.4 Å².